The first-order chi connectivity index (χ1) is 6.77. The monoisotopic (exact) mass is 195 g/mol. The van der Waals surface area contributed by atoms with Gasteiger partial charge in [-0.3, -0.25) is 0 Å². The molecule has 1 saturated heterocycles. The Morgan fingerprint density at radius 3 is 3.21 bits per heavy atom. The summed E-state index contributed by atoms with van der Waals surface area (Å²) in [7, 11) is 0. The van der Waals surface area contributed by atoms with Crippen LogP contribution in [0, 0.1) is 5.92 Å². The summed E-state index contributed by atoms with van der Waals surface area (Å²) in [5, 5.41) is 13.9. The van der Waals surface area contributed by atoms with Crippen LogP contribution in [0.5, 0.6) is 0 Å². The van der Waals surface area contributed by atoms with E-state index in [0.29, 0.717) is 0 Å². The number of hydrogen-bond donors (Lipinski definition) is 2. The molecule has 2 rings (SSSR count). The largest absolute Gasteiger partial charge is 0.472 e. The van der Waals surface area contributed by atoms with Gasteiger partial charge in [0.15, 0.2) is 0 Å². The van der Waals surface area contributed by atoms with Gasteiger partial charge in [-0.2, -0.15) is 0 Å². The van der Waals surface area contributed by atoms with E-state index >= 15 is 0 Å². The standard InChI is InChI=1S/C11H17NO2/c1-2-9-7-12-5-4-11(9,13)10-3-6-14-8-10/h3,6,8-9,12-13H,2,4-5,7H2,1H3. The zero-order valence-electron chi connectivity index (χ0n) is 8.49. The lowest BCUT2D eigenvalue weighted by atomic mass is 9.76. The summed E-state index contributed by atoms with van der Waals surface area (Å²) in [5.74, 6) is 0.286. The van der Waals surface area contributed by atoms with E-state index < -0.39 is 5.60 Å². The molecule has 1 aliphatic rings. The molecule has 3 nitrogen and oxygen atoms in total. The lowest BCUT2D eigenvalue weighted by Gasteiger charge is -2.39. The number of aliphatic hydroxyl groups is 1. The number of hydrogen-bond acceptors (Lipinski definition) is 3. The smallest absolute Gasteiger partial charge is 0.0979 e. The van der Waals surface area contributed by atoms with Gasteiger partial charge < -0.3 is 14.8 Å². The molecule has 0 amide bonds. The zero-order chi connectivity index (χ0) is 10.0. The first-order valence-electron chi connectivity index (χ1n) is 5.23. The fraction of sp³-hybridized carbons (Fsp3) is 0.636. The predicted molar refractivity (Wildman–Crippen MR) is 53.9 cm³/mol. The maximum atomic E-state index is 10.6. The second-order valence-corrected chi connectivity index (χ2v) is 4.00. The molecule has 14 heavy (non-hydrogen) atoms. The minimum Gasteiger partial charge on any atom is -0.472 e. The van der Waals surface area contributed by atoms with E-state index in [-0.39, 0.29) is 5.92 Å². The Labute approximate surface area is 84.1 Å². The van der Waals surface area contributed by atoms with Crippen molar-refractivity contribution < 1.29 is 9.52 Å². The molecule has 1 aliphatic heterocycles. The van der Waals surface area contributed by atoms with E-state index in [1.807, 2.05) is 6.07 Å². The highest BCUT2D eigenvalue weighted by Gasteiger charge is 2.39. The molecule has 0 radical (unpaired) electrons. The molecule has 0 aromatic carbocycles. The Morgan fingerprint density at radius 1 is 1.71 bits per heavy atom. The molecule has 78 valence electrons. The van der Waals surface area contributed by atoms with Gasteiger partial charge in [0.2, 0.25) is 0 Å². The van der Waals surface area contributed by atoms with E-state index in [0.717, 1.165) is 31.5 Å². The average molecular weight is 195 g/mol. The fourth-order valence-electron chi connectivity index (χ4n) is 2.30. The summed E-state index contributed by atoms with van der Waals surface area (Å²) in [6.45, 7) is 3.87. The van der Waals surface area contributed by atoms with Gasteiger partial charge in [0.05, 0.1) is 18.1 Å². The normalized spacial score (nSPS) is 33.1. The highest BCUT2D eigenvalue weighted by molar-refractivity contribution is 5.19. The van der Waals surface area contributed by atoms with E-state index in [1.54, 1.807) is 12.5 Å². The van der Waals surface area contributed by atoms with Gasteiger partial charge in [-0.25, -0.2) is 0 Å². The van der Waals surface area contributed by atoms with Crippen molar-refractivity contribution in [2.24, 2.45) is 5.92 Å². The SMILES string of the molecule is CCC1CNCCC1(O)c1ccoc1. The van der Waals surface area contributed by atoms with Crippen LogP contribution < -0.4 is 5.32 Å². The molecule has 2 unspecified atom stereocenters. The molecule has 2 N–H and O–H groups in total. The molecule has 0 saturated carbocycles. The number of nitrogens with one attached hydrogen (secondary N) is 1. The minimum absolute atomic E-state index is 0.286. The Kier molecular flexibility index (Phi) is 2.61. The summed E-state index contributed by atoms with van der Waals surface area (Å²) in [4.78, 5) is 0. The topological polar surface area (TPSA) is 45.4 Å². The first-order valence-corrected chi connectivity index (χ1v) is 5.23. The zero-order valence-corrected chi connectivity index (χ0v) is 8.49. The molecule has 0 spiro atoms. The van der Waals surface area contributed by atoms with Crippen molar-refractivity contribution in [1.29, 1.82) is 0 Å². The summed E-state index contributed by atoms with van der Waals surface area (Å²) in [5.41, 5.74) is 0.235. The maximum absolute atomic E-state index is 10.6. The molecule has 0 bridgehead atoms. The van der Waals surface area contributed by atoms with Crippen LogP contribution in [0.1, 0.15) is 25.3 Å². The highest BCUT2D eigenvalue weighted by Crippen LogP contribution is 2.36. The predicted octanol–water partition coefficient (Wildman–Crippen LogP) is 1.49. The molecule has 2 atom stereocenters. The lowest BCUT2D eigenvalue weighted by molar-refractivity contribution is -0.0482. The van der Waals surface area contributed by atoms with Gasteiger partial charge in [-0.1, -0.05) is 6.92 Å². The van der Waals surface area contributed by atoms with Crippen molar-refractivity contribution in [3.63, 3.8) is 0 Å². The van der Waals surface area contributed by atoms with Gasteiger partial charge in [-0.05, 0) is 25.5 Å². The van der Waals surface area contributed by atoms with Gasteiger partial charge in [-0.15, -0.1) is 0 Å². The van der Waals surface area contributed by atoms with Gasteiger partial charge in [0.25, 0.3) is 0 Å². The quantitative estimate of drug-likeness (QED) is 0.751. The molecule has 1 aromatic heterocycles. The molecular formula is C11H17NO2. The molecule has 1 fully saturated rings. The van der Waals surface area contributed by atoms with Crippen LogP contribution in [0.2, 0.25) is 0 Å². The summed E-state index contributed by atoms with van der Waals surface area (Å²) in [6, 6.07) is 1.87. The average Bonchev–Trinajstić information content (AvgIpc) is 2.72. The molecule has 1 aromatic rings. The third-order valence-corrected chi connectivity index (χ3v) is 3.26. The van der Waals surface area contributed by atoms with Gasteiger partial charge in [0.1, 0.15) is 0 Å². The van der Waals surface area contributed by atoms with Crippen molar-refractivity contribution in [2.75, 3.05) is 13.1 Å². The van der Waals surface area contributed by atoms with E-state index in [2.05, 4.69) is 12.2 Å². The molecular weight excluding hydrogens is 178 g/mol. The summed E-state index contributed by atoms with van der Waals surface area (Å²) < 4.78 is 5.05. The Hall–Kier alpha value is -0.800. The van der Waals surface area contributed by atoms with Crippen molar-refractivity contribution >= 4 is 0 Å². The van der Waals surface area contributed by atoms with Crippen LogP contribution in [0.4, 0.5) is 0 Å². The van der Waals surface area contributed by atoms with E-state index in [1.165, 1.54) is 0 Å². The summed E-state index contributed by atoms with van der Waals surface area (Å²) in [6.07, 6.45) is 5.04. The minimum atomic E-state index is -0.687. The molecule has 2 heterocycles. The third-order valence-electron chi connectivity index (χ3n) is 3.26. The maximum Gasteiger partial charge on any atom is 0.0979 e. The van der Waals surface area contributed by atoms with E-state index in [4.69, 9.17) is 4.42 Å². The molecule has 0 aliphatic carbocycles. The third kappa shape index (κ3) is 1.47. The van der Waals surface area contributed by atoms with Crippen molar-refractivity contribution in [1.82, 2.24) is 5.32 Å². The van der Waals surface area contributed by atoms with Crippen LogP contribution in [0.15, 0.2) is 23.0 Å². The second-order valence-electron chi connectivity index (χ2n) is 4.00. The van der Waals surface area contributed by atoms with Crippen molar-refractivity contribution in [3.05, 3.63) is 24.2 Å². The highest BCUT2D eigenvalue weighted by atomic mass is 16.3. The number of furan rings is 1. The van der Waals surface area contributed by atoms with Crippen LogP contribution in [-0.2, 0) is 5.60 Å². The summed E-state index contributed by atoms with van der Waals surface area (Å²) >= 11 is 0. The fourth-order valence-corrected chi connectivity index (χ4v) is 2.30. The van der Waals surface area contributed by atoms with Crippen LogP contribution in [-0.4, -0.2) is 18.2 Å². The van der Waals surface area contributed by atoms with Gasteiger partial charge in [0, 0.05) is 18.0 Å². The molecule has 3 heteroatoms. The van der Waals surface area contributed by atoms with Crippen molar-refractivity contribution in [3.8, 4) is 0 Å². The van der Waals surface area contributed by atoms with E-state index in [9.17, 15) is 5.11 Å². The Balaban J connectivity index is 2.27. The van der Waals surface area contributed by atoms with Crippen molar-refractivity contribution in [2.45, 2.75) is 25.4 Å². The Bertz CT molecular complexity index is 283. The van der Waals surface area contributed by atoms with Crippen LogP contribution >= 0.6 is 0 Å². The second kappa shape index (κ2) is 3.75. The van der Waals surface area contributed by atoms with Gasteiger partial charge >= 0.3 is 0 Å². The van der Waals surface area contributed by atoms with Crippen LogP contribution in [0.25, 0.3) is 0 Å². The first kappa shape index (κ1) is 9.74. The lowest BCUT2D eigenvalue weighted by Crippen LogP contribution is -2.47. The Morgan fingerprint density at radius 2 is 2.57 bits per heavy atom. The number of rotatable bonds is 2. The number of piperidine rings is 1. The van der Waals surface area contributed by atoms with Crippen LogP contribution in [0.3, 0.4) is 0 Å².